The van der Waals surface area contributed by atoms with Gasteiger partial charge >= 0.3 is 0 Å². The van der Waals surface area contributed by atoms with Crippen molar-refractivity contribution in [1.82, 2.24) is 9.97 Å². The van der Waals surface area contributed by atoms with Gasteiger partial charge < -0.3 is 15.8 Å². The molecule has 1 fully saturated rings. The minimum Gasteiger partial charge on any atom is -0.463 e. The van der Waals surface area contributed by atoms with Gasteiger partial charge in [0.15, 0.2) is 11.8 Å². The average molecular weight is 490 g/mol. The summed E-state index contributed by atoms with van der Waals surface area (Å²) < 4.78 is 47.1. The molecule has 178 valence electrons. The largest absolute Gasteiger partial charge is 0.463 e. The first-order valence-electron chi connectivity index (χ1n) is 10.4. The van der Waals surface area contributed by atoms with E-state index in [2.05, 4.69) is 26.2 Å². The van der Waals surface area contributed by atoms with Gasteiger partial charge in [-0.3, -0.25) is 9.79 Å². The number of rotatable bonds is 6. The highest BCUT2D eigenvalue weighted by Gasteiger charge is 2.76. The minimum atomic E-state index is -2.65. The first-order chi connectivity index (χ1) is 16.0. The first kappa shape index (κ1) is 23.9. The number of fused-ring (bicyclic) bond motifs is 1. The van der Waals surface area contributed by atoms with Gasteiger partial charge in [-0.2, -0.15) is 0 Å². The van der Waals surface area contributed by atoms with E-state index in [9.17, 15) is 13.6 Å². The summed E-state index contributed by atoms with van der Waals surface area (Å²) in [5.41, 5.74) is 5.17. The lowest BCUT2D eigenvalue weighted by Crippen LogP contribution is -2.39. The van der Waals surface area contributed by atoms with E-state index in [1.54, 1.807) is 13.8 Å². The normalized spacial score (nSPS) is 27.4. The van der Waals surface area contributed by atoms with Crippen LogP contribution in [0.4, 0.5) is 18.9 Å². The van der Waals surface area contributed by atoms with Gasteiger partial charge in [0.1, 0.15) is 11.5 Å². The van der Waals surface area contributed by atoms with Crippen LogP contribution in [0.25, 0.3) is 0 Å². The van der Waals surface area contributed by atoms with E-state index in [1.807, 2.05) is 0 Å². The quantitative estimate of drug-likeness (QED) is 0.600. The number of alkyl halides is 2. The lowest BCUT2D eigenvalue weighted by molar-refractivity contribution is 0.102. The Morgan fingerprint density at radius 2 is 2.12 bits per heavy atom. The fraction of sp³-hybridized carbons (Fsp3) is 0.391. The van der Waals surface area contributed by atoms with Crippen molar-refractivity contribution in [2.75, 3.05) is 11.9 Å². The van der Waals surface area contributed by atoms with Crippen LogP contribution in [-0.2, 0) is 5.54 Å². The highest BCUT2D eigenvalue weighted by Crippen LogP contribution is 2.71. The number of carbonyl (C=O) groups excluding carboxylic acids is 1. The van der Waals surface area contributed by atoms with E-state index in [0.29, 0.717) is 0 Å². The van der Waals surface area contributed by atoms with Crippen molar-refractivity contribution in [3.63, 3.8) is 0 Å². The number of aromatic nitrogens is 2. The van der Waals surface area contributed by atoms with Crippen molar-refractivity contribution in [3.05, 3.63) is 47.2 Å². The Morgan fingerprint density at radius 3 is 2.74 bits per heavy atom. The molecule has 2 heterocycles. The number of anilines is 1. The fourth-order valence-electron chi connectivity index (χ4n) is 4.78. The number of thioether (sulfide) groups is 1. The Hall–Kier alpha value is -3.26. The molecule has 1 aliphatic carbocycles. The fourth-order valence-corrected chi connectivity index (χ4v) is 6.28. The number of nitrogens with two attached hydrogens (primary N) is 1. The Balaban J connectivity index is 1.65. The molecule has 1 aliphatic heterocycles. The van der Waals surface area contributed by atoms with Gasteiger partial charge in [0.25, 0.3) is 12.3 Å². The summed E-state index contributed by atoms with van der Waals surface area (Å²) in [6.45, 7) is 4.84. The lowest BCUT2D eigenvalue weighted by Gasteiger charge is -2.34. The van der Waals surface area contributed by atoms with Crippen molar-refractivity contribution >= 4 is 28.5 Å². The van der Waals surface area contributed by atoms with Crippen LogP contribution in [0.2, 0.25) is 0 Å². The molecule has 2 aromatic rings. The summed E-state index contributed by atoms with van der Waals surface area (Å²) in [7, 11) is 0. The number of terminal acetylenes is 1. The highest BCUT2D eigenvalue weighted by atomic mass is 32.2. The van der Waals surface area contributed by atoms with Gasteiger partial charge in [0.05, 0.1) is 22.7 Å². The summed E-state index contributed by atoms with van der Waals surface area (Å²) in [4.78, 5) is 25.1. The van der Waals surface area contributed by atoms with Crippen molar-refractivity contribution in [2.45, 2.75) is 37.5 Å². The minimum absolute atomic E-state index is 0.00772. The second-order valence-corrected chi connectivity index (χ2v) is 9.79. The lowest BCUT2D eigenvalue weighted by atomic mass is 9.84. The van der Waals surface area contributed by atoms with Gasteiger partial charge in [-0.05, 0) is 37.5 Å². The molecule has 0 spiro atoms. The van der Waals surface area contributed by atoms with Crippen LogP contribution in [0.1, 0.15) is 35.5 Å². The maximum absolute atomic E-state index is 15.3. The third-order valence-electron chi connectivity index (χ3n) is 6.38. The number of halogens is 3. The van der Waals surface area contributed by atoms with Crippen LogP contribution in [0, 0.1) is 36.9 Å². The number of aliphatic imine (C=N–C) groups is 1. The second-order valence-electron chi connectivity index (χ2n) is 8.46. The van der Waals surface area contributed by atoms with Crippen molar-refractivity contribution < 1.29 is 22.7 Å². The smallest absolute Gasteiger partial charge is 0.275 e. The van der Waals surface area contributed by atoms with E-state index < -0.39 is 40.3 Å². The zero-order chi connectivity index (χ0) is 24.8. The molecular weight excluding hydrogens is 467 g/mol. The number of carbonyl (C=O) groups is 1. The highest BCUT2D eigenvalue weighted by molar-refractivity contribution is 8.15. The summed E-state index contributed by atoms with van der Waals surface area (Å²) in [5.74, 6) is 0.214. The van der Waals surface area contributed by atoms with E-state index in [1.165, 1.54) is 31.5 Å². The van der Waals surface area contributed by atoms with Crippen molar-refractivity contribution in [2.24, 2.45) is 22.6 Å². The topological polar surface area (TPSA) is 102 Å². The predicted octanol–water partition coefficient (Wildman–Crippen LogP) is 3.73. The molecule has 0 saturated heterocycles. The molecular formula is C23H22F3N5O2S. The number of ether oxygens (including phenoxy) is 1. The number of hydrogen-bond donors (Lipinski definition) is 2. The molecule has 1 amide bonds. The van der Waals surface area contributed by atoms with Crippen LogP contribution in [0.5, 0.6) is 5.88 Å². The third-order valence-corrected chi connectivity index (χ3v) is 7.84. The molecule has 1 aromatic heterocycles. The predicted molar refractivity (Wildman–Crippen MR) is 123 cm³/mol. The van der Waals surface area contributed by atoms with Gasteiger partial charge in [0.2, 0.25) is 5.88 Å². The van der Waals surface area contributed by atoms with Gasteiger partial charge in [-0.15, -0.1) is 6.42 Å². The number of nitrogens with one attached hydrogen (secondary N) is 1. The SMILES string of the molecule is C#CCOc1cnc(C(=O)Nc2cc(C)c(F)c([C@@]3(C)N=C(N)S[C@]4(C(F)F)[C@H]3[C@@H]4C)c2)cn1. The molecule has 34 heavy (non-hydrogen) atoms. The van der Waals surface area contributed by atoms with Crippen molar-refractivity contribution in [1.29, 1.82) is 0 Å². The molecule has 11 heteroatoms. The van der Waals surface area contributed by atoms with E-state index in [0.717, 1.165) is 11.8 Å². The Morgan fingerprint density at radius 1 is 1.38 bits per heavy atom. The molecule has 1 saturated carbocycles. The molecule has 0 unspecified atom stereocenters. The maximum atomic E-state index is 15.3. The summed E-state index contributed by atoms with van der Waals surface area (Å²) in [6.07, 6.45) is 4.94. The molecule has 1 aromatic carbocycles. The maximum Gasteiger partial charge on any atom is 0.275 e. The molecule has 4 atom stereocenters. The zero-order valence-electron chi connectivity index (χ0n) is 18.6. The Bertz CT molecular complexity index is 1220. The number of amidine groups is 1. The summed E-state index contributed by atoms with van der Waals surface area (Å²) in [6, 6.07) is 2.85. The Kier molecular flexibility index (Phi) is 5.97. The number of benzene rings is 1. The zero-order valence-corrected chi connectivity index (χ0v) is 19.4. The van der Waals surface area contributed by atoms with Crippen LogP contribution in [-0.4, -0.2) is 38.8 Å². The number of aryl methyl sites for hydroxylation is 1. The summed E-state index contributed by atoms with van der Waals surface area (Å²) >= 11 is 0.853. The molecule has 3 N–H and O–H groups in total. The number of amides is 1. The Labute approximate surface area is 198 Å². The monoisotopic (exact) mass is 489 g/mol. The van der Waals surface area contributed by atoms with Crippen LogP contribution >= 0.6 is 11.8 Å². The van der Waals surface area contributed by atoms with Crippen LogP contribution < -0.4 is 15.8 Å². The molecule has 2 aliphatic rings. The summed E-state index contributed by atoms with van der Waals surface area (Å²) in [5, 5.41) is 2.64. The number of hydrogen-bond acceptors (Lipinski definition) is 7. The van der Waals surface area contributed by atoms with Gasteiger partial charge in [0, 0.05) is 17.2 Å². The van der Waals surface area contributed by atoms with E-state index in [-0.39, 0.29) is 40.2 Å². The standard InChI is InChI=1S/C23H22F3N5O2S/c1-5-6-33-16-10-28-15(9-29-16)19(32)30-13-7-11(2)17(24)14(8-13)22(4)18-12(3)23(18,20(25)26)34-21(27)31-22/h1,7-10,12,18,20H,6H2,2-4H3,(H2,27,31)(H,30,32)/t12-,18-,22+,23-/m0/s1. The van der Waals surface area contributed by atoms with Crippen molar-refractivity contribution in [3.8, 4) is 18.2 Å². The van der Waals surface area contributed by atoms with Crippen LogP contribution in [0.3, 0.4) is 0 Å². The number of nitrogens with zero attached hydrogens (tertiary/aromatic N) is 3. The first-order valence-corrected chi connectivity index (χ1v) is 11.2. The molecule has 4 rings (SSSR count). The van der Waals surface area contributed by atoms with Gasteiger partial charge in [-0.1, -0.05) is 24.6 Å². The second kappa shape index (κ2) is 8.51. The molecule has 7 nitrogen and oxygen atoms in total. The third kappa shape index (κ3) is 3.76. The average Bonchev–Trinajstić information content (AvgIpc) is 3.41. The van der Waals surface area contributed by atoms with E-state index in [4.69, 9.17) is 16.9 Å². The van der Waals surface area contributed by atoms with Crippen LogP contribution in [0.15, 0.2) is 29.5 Å². The van der Waals surface area contributed by atoms with E-state index >= 15 is 4.39 Å². The van der Waals surface area contributed by atoms with Gasteiger partial charge in [-0.25, -0.2) is 23.1 Å². The molecule has 0 radical (unpaired) electrons. The molecule has 0 bridgehead atoms.